The number of furan rings is 1. The summed E-state index contributed by atoms with van der Waals surface area (Å²) in [4.78, 5) is 13.3. The average molecular weight is 879 g/mol. The molecule has 0 fully saturated rings. The SMILES string of the molecule is [2H]C([2H])([2H])c1ccc2c(ccc3c4cc[c-]c(-c5cc(C([2H])([2H])C(C)(C)C)ccn5)c4oc23)n1.[2H]C([2H])(c1ccc(-c2ccnc(-c3[c-]cccc3)c2)cc1)C(C)(C)C.[Ir]. The van der Waals surface area contributed by atoms with Crippen molar-refractivity contribution in [2.75, 3.05) is 0 Å². The molecule has 0 aliphatic carbocycles. The molecule has 0 saturated carbocycles. The molecule has 4 heterocycles. The zero-order chi connectivity index (χ0) is 42.5. The fourth-order valence-electron chi connectivity index (χ4n) is 6.16. The molecule has 8 rings (SSSR count). The van der Waals surface area contributed by atoms with Crippen LogP contribution in [0.25, 0.3) is 66.5 Å². The minimum absolute atomic E-state index is 0. The van der Waals surface area contributed by atoms with Crippen LogP contribution in [0.2, 0.25) is 0 Å². The Hall–Kier alpha value is -4.96. The summed E-state index contributed by atoms with van der Waals surface area (Å²) in [6.45, 7) is 9.10. The second kappa shape index (κ2) is 15.6. The number of aryl methyl sites for hydroxylation is 1. The Morgan fingerprint density at radius 2 is 1.36 bits per heavy atom. The van der Waals surface area contributed by atoms with Crippen LogP contribution in [0.3, 0.4) is 0 Å². The number of nitrogens with zero attached hydrogens (tertiary/aromatic N) is 3. The van der Waals surface area contributed by atoms with E-state index in [-0.39, 0.29) is 25.8 Å². The molecule has 0 spiro atoms. The fraction of sp³-hybridized carbons (Fsp3) is 0.229. The fourth-order valence-corrected chi connectivity index (χ4v) is 6.16. The maximum Gasteiger partial charge on any atom is 0.130 e. The molecule has 0 aliphatic rings. The number of fused-ring (bicyclic) bond motifs is 5. The van der Waals surface area contributed by atoms with E-state index in [1.165, 1.54) is 6.07 Å². The predicted octanol–water partition coefficient (Wildman–Crippen LogP) is 12.7. The average Bonchev–Trinajstić information content (AvgIpc) is 3.60. The summed E-state index contributed by atoms with van der Waals surface area (Å²) in [5.74, 6) is 0. The topological polar surface area (TPSA) is 51.8 Å². The van der Waals surface area contributed by atoms with Gasteiger partial charge in [-0.15, -0.1) is 54.1 Å². The maximum atomic E-state index is 8.64. The van der Waals surface area contributed by atoms with E-state index < -0.39 is 30.4 Å². The van der Waals surface area contributed by atoms with E-state index in [0.29, 0.717) is 39.1 Å². The summed E-state index contributed by atoms with van der Waals surface area (Å²) < 4.78 is 63.3. The van der Waals surface area contributed by atoms with Gasteiger partial charge in [-0.1, -0.05) is 94.5 Å². The van der Waals surface area contributed by atoms with Crippen LogP contribution in [-0.2, 0) is 32.9 Å². The first-order valence-corrected chi connectivity index (χ1v) is 17.3. The van der Waals surface area contributed by atoms with E-state index in [1.807, 2.05) is 114 Å². The summed E-state index contributed by atoms with van der Waals surface area (Å²) in [7, 11) is 0. The first-order chi connectivity index (χ1) is 27.7. The van der Waals surface area contributed by atoms with Crippen molar-refractivity contribution in [1.29, 1.82) is 0 Å². The predicted molar refractivity (Wildman–Crippen MR) is 216 cm³/mol. The Bertz CT molecular complexity index is 2790. The molecule has 5 heteroatoms. The molecule has 0 bridgehead atoms. The number of aromatic nitrogens is 3. The van der Waals surface area contributed by atoms with E-state index in [9.17, 15) is 0 Å². The third-order valence-corrected chi connectivity index (χ3v) is 8.28. The molecule has 8 aromatic rings. The zero-order valence-corrected chi connectivity index (χ0v) is 33.0. The first kappa shape index (κ1) is 29.5. The molecule has 4 nitrogen and oxygen atoms in total. The number of pyridine rings is 3. The Morgan fingerprint density at radius 1 is 0.642 bits per heavy atom. The van der Waals surface area contributed by atoms with E-state index in [0.717, 1.165) is 38.5 Å². The van der Waals surface area contributed by atoms with Gasteiger partial charge in [0.25, 0.3) is 0 Å². The van der Waals surface area contributed by atoms with Gasteiger partial charge in [-0.2, -0.15) is 0 Å². The largest absolute Gasteiger partial charge is 0.500 e. The summed E-state index contributed by atoms with van der Waals surface area (Å²) in [5, 5.41) is 2.47. The number of rotatable bonds is 5. The Kier molecular flexibility index (Phi) is 8.66. The van der Waals surface area contributed by atoms with Crippen molar-refractivity contribution in [3.05, 3.63) is 151 Å². The Morgan fingerprint density at radius 3 is 2.09 bits per heavy atom. The van der Waals surface area contributed by atoms with Gasteiger partial charge in [0.15, 0.2) is 0 Å². The van der Waals surface area contributed by atoms with Crippen molar-refractivity contribution in [3.63, 3.8) is 0 Å². The van der Waals surface area contributed by atoms with E-state index in [1.54, 1.807) is 42.7 Å². The molecule has 4 aromatic heterocycles. The molecule has 0 amide bonds. The normalized spacial score (nSPS) is 14.4. The van der Waals surface area contributed by atoms with Crippen molar-refractivity contribution < 1.29 is 34.1 Å². The molecule has 4 aromatic carbocycles. The standard InChI is InChI=1S/C26H23N2O.C22H22N.Ir/c1-16-8-9-21-22(28-16)11-10-19-18-6-5-7-20(24(18)29-25(19)21)23-14-17(12-13-27-23)15-26(2,3)4;1-22(2,3)16-17-9-11-18(12-10-17)20-13-14-23-21(15-20)19-7-5-4-6-8-19;/h5-6,8-14H,15H2,1-4H3;4-7,9-15H,16H2,1-3H3;/q2*-1;/i1D3,15D2;16D2;. The molecule has 0 aliphatic heterocycles. The van der Waals surface area contributed by atoms with Gasteiger partial charge in [0.05, 0.1) is 11.1 Å². The molecule has 0 atom stereocenters. The van der Waals surface area contributed by atoms with Gasteiger partial charge in [-0.3, -0.25) is 4.98 Å². The van der Waals surface area contributed by atoms with Crippen LogP contribution in [0.1, 0.15) is 68.0 Å². The van der Waals surface area contributed by atoms with E-state index in [4.69, 9.17) is 14.0 Å². The summed E-state index contributed by atoms with van der Waals surface area (Å²) in [5.41, 5.74) is 7.14. The minimum Gasteiger partial charge on any atom is -0.500 e. The zero-order valence-electron chi connectivity index (χ0n) is 37.6. The molecule has 0 saturated heterocycles. The minimum atomic E-state index is -2.28. The van der Waals surface area contributed by atoms with E-state index in [2.05, 4.69) is 27.1 Å². The second-order valence-electron chi connectivity index (χ2n) is 14.9. The van der Waals surface area contributed by atoms with E-state index >= 15 is 0 Å². The Balaban J connectivity index is 0.000000207. The van der Waals surface area contributed by atoms with Crippen molar-refractivity contribution in [1.82, 2.24) is 15.0 Å². The van der Waals surface area contributed by atoms with Crippen LogP contribution in [0.4, 0.5) is 0 Å². The third-order valence-electron chi connectivity index (χ3n) is 8.28. The molecular formula is C48H45IrN3O-2. The summed E-state index contributed by atoms with van der Waals surface area (Å²) >= 11 is 0. The smallest absolute Gasteiger partial charge is 0.130 e. The number of hydrogen-bond acceptors (Lipinski definition) is 4. The van der Waals surface area contributed by atoms with Crippen LogP contribution in [0.5, 0.6) is 0 Å². The quantitative estimate of drug-likeness (QED) is 0.162. The van der Waals surface area contributed by atoms with Crippen LogP contribution in [-0.4, -0.2) is 15.0 Å². The van der Waals surface area contributed by atoms with Crippen molar-refractivity contribution >= 4 is 32.8 Å². The van der Waals surface area contributed by atoms with Crippen LogP contribution < -0.4 is 0 Å². The molecule has 269 valence electrons. The maximum absolute atomic E-state index is 8.64. The monoisotopic (exact) mass is 879 g/mol. The molecule has 1 radical (unpaired) electrons. The van der Waals surface area contributed by atoms with Crippen molar-refractivity contribution in [3.8, 4) is 33.6 Å². The number of benzene rings is 4. The Labute approximate surface area is 336 Å². The van der Waals surface area contributed by atoms with Gasteiger partial charge in [0, 0.05) is 58.6 Å². The van der Waals surface area contributed by atoms with Crippen LogP contribution >= 0.6 is 0 Å². The van der Waals surface area contributed by atoms with Crippen molar-refractivity contribution in [2.45, 2.75) is 61.1 Å². The van der Waals surface area contributed by atoms with Gasteiger partial charge in [-0.25, -0.2) is 0 Å². The summed E-state index contributed by atoms with van der Waals surface area (Å²) in [6, 6.07) is 40.0. The van der Waals surface area contributed by atoms with Gasteiger partial charge >= 0.3 is 0 Å². The molecular weight excluding hydrogens is 827 g/mol. The van der Waals surface area contributed by atoms with Crippen LogP contribution in [0, 0.1) is 29.8 Å². The summed E-state index contributed by atoms with van der Waals surface area (Å²) in [6.07, 6.45) is 0.468. The van der Waals surface area contributed by atoms with Gasteiger partial charge in [-0.05, 0) is 94.9 Å². The van der Waals surface area contributed by atoms with Gasteiger partial charge < -0.3 is 14.4 Å². The third kappa shape index (κ3) is 8.99. The van der Waals surface area contributed by atoms with Crippen LogP contribution in [0.15, 0.2) is 126 Å². The van der Waals surface area contributed by atoms with Crippen molar-refractivity contribution in [2.24, 2.45) is 10.8 Å². The first-order valence-electron chi connectivity index (χ1n) is 20.8. The molecule has 0 N–H and O–H groups in total. The van der Waals surface area contributed by atoms with Gasteiger partial charge in [0.2, 0.25) is 0 Å². The number of hydrogen-bond donors (Lipinski definition) is 0. The molecule has 0 unspecified atom stereocenters. The van der Waals surface area contributed by atoms with Gasteiger partial charge in [0.1, 0.15) is 5.58 Å². The second-order valence-corrected chi connectivity index (χ2v) is 14.9. The molecule has 53 heavy (non-hydrogen) atoms.